The van der Waals surface area contributed by atoms with Crippen LogP contribution in [0, 0.1) is 0 Å². The van der Waals surface area contributed by atoms with Crippen LogP contribution in [0.15, 0.2) is 12.2 Å². The van der Waals surface area contributed by atoms with Crippen LogP contribution in [0.3, 0.4) is 0 Å². The van der Waals surface area contributed by atoms with Gasteiger partial charge in [-0.05, 0) is 25.3 Å². The quantitative estimate of drug-likeness (QED) is 0.509. The molecule has 0 aliphatic heterocycles. The molecule has 0 heterocycles. The van der Waals surface area contributed by atoms with Crippen LogP contribution in [0.25, 0.3) is 0 Å². The van der Waals surface area contributed by atoms with Gasteiger partial charge in [-0.25, -0.2) is 0 Å². The first-order valence-corrected chi connectivity index (χ1v) is 6.48. The molecule has 0 atom stereocenters. The molecule has 0 aliphatic rings. The van der Waals surface area contributed by atoms with Gasteiger partial charge in [0.15, 0.2) is 0 Å². The molecular weight excluding hydrogens is 222 g/mol. The second-order valence-electron chi connectivity index (χ2n) is 3.92. The van der Waals surface area contributed by atoms with Crippen molar-refractivity contribution in [1.29, 1.82) is 0 Å². The Morgan fingerprint density at radius 1 is 1.19 bits per heavy atom. The van der Waals surface area contributed by atoms with Gasteiger partial charge in [0.2, 0.25) is 11.0 Å². The number of hydrogen-bond acceptors (Lipinski definition) is 3. The summed E-state index contributed by atoms with van der Waals surface area (Å²) in [6, 6.07) is 0. The minimum absolute atomic E-state index is 0.0841. The summed E-state index contributed by atoms with van der Waals surface area (Å²) in [6.07, 6.45) is 3.06. The molecule has 1 amide bonds. The van der Waals surface area contributed by atoms with E-state index in [9.17, 15) is 9.59 Å². The van der Waals surface area contributed by atoms with Gasteiger partial charge in [0, 0.05) is 26.3 Å². The Balaban J connectivity index is 3.38. The average Bonchev–Trinajstić information content (AvgIpc) is 2.21. The fraction of sp³-hybridized carbons (Fsp3) is 0.667. The van der Waals surface area contributed by atoms with Crippen molar-refractivity contribution in [3.63, 3.8) is 0 Å². The monoisotopic (exact) mass is 243 g/mol. The van der Waals surface area contributed by atoms with Gasteiger partial charge in [0.1, 0.15) is 0 Å². The predicted octanol–water partition coefficient (Wildman–Crippen LogP) is 2.47. The molecule has 0 saturated carbocycles. The van der Waals surface area contributed by atoms with E-state index < -0.39 is 0 Å². The molecule has 92 valence electrons. The van der Waals surface area contributed by atoms with Crippen molar-refractivity contribution in [1.82, 2.24) is 4.90 Å². The van der Waals surface area contributed by atoms with Crippen molar-refractivity contribution in [2.75, 3.05) is 19.3 Å². The van der Waals surface area contributed by atoms with E-state index in [4.69, 9.17) is 0 Å². The van der Waals surface area contributed by atoms with Gasteiger partial charge in [0.25, 0.3) is 0 Å². The van der Waals surface area contributed by atoms with E-state index >= 15 is 0 Å². The highest BCUT2D eigenvalue weighted by molar-refractivity contribution is 8.14. The van der Waals surface area contributed by atoms with E-state index in [0.29, 0.717) is 5.57 Å². The first kappa shape index (κ1) is 15.2. The molecule has 0 N–H and O–H groups in total. The summed E-state index contributed by atoms with van der Waals surface area (Å²) in [5, 5.41) is 0.0841. The zero-order chi connectivity index (χ0) is 12.6. The van der Waals surface area contributed by atoms with Crippen molar-refractivity contribution >= 4 is 22.8 Å². The van der Waals surface area contributed by atoms with Gasteiger partial charge in [0.05, 0.1) is 0 Å². The van der Waals surface area contributed by atoms with Crippen LogP contribution in [-0.4, -0.2) is 35.3 Å². The van der Waals surface area contributed by atoms with Crippen LogP contribution in [0.4, 0.5) is 0 Å². The van der Waals surface area contributed by atoms with E-state index in [1.54, 1.807) is 18.7 Å². The fourth-order valence-electron chi connectivity index (χ4n) is 1.07. The molecule has 0 rings (SSSR count). The molecule has 0 fully saturated rings. The average molecular weight is 243 g/mol. The fourth-order valence-corrected chi connectivity index (χ4v) is 1.85. The number of hydrogen-bond donors (Lipinski definition) is 0. The lowest BCUT2D eigenvalue weighted by atomic mass is 10.2. The van der Waals surface area contributed by atoms with Crippen molar-refractivity contribution in [2.24, 2.45) is 0 Å². The third-order valence-electron chi connectivity index (χ3n) is 2.26. The molecule has 0 unspecified atom stereocenters. The molecule has 0 radical (unpaired) electrons. The van der Waals surface area contributed by atoms with Crippen LogP contribution in [0.5, 0.6) is 0 Å². The summed E-state index contributed by atoms with van der Waals surface area (Å²) < 4.78 is 0. The van der Waals surface area contributed by atoms with E-state index in [-0.39, 0.29) is 11.0 Å². The molecule has 3 nitrogen and oxygen atoms in total. The molecule has 0 aromatic rings. The Kier molecular flexibility index (Phi) is 7.99. The van der Waals surface area contributed by atoms with Crippen molar-refractivity contribution in [3.8, 4) is 0 Å². The SMILES string of the molecule is C=C(C)C(=O)SCCCCCN(C)C(C)=O. The van der Waals surface area contributed by atoms with Gasteiger partial charge in [-0.2, -0.15) is 0 Å². The highest BCUT2D eigenvalue weighted by Crippen LogP contribution is 2.11. The third kappa shape index (κ3) is 7.51. The number of carbonyl (C=O) groups is 2. The topological polar surface area (TPSA) is 37.4 Å². The second-order valence-corrected chi connectivity index (χ2v) is 4.99. The highest BCUT2D eigenvalue weighted by atomic mass is 32.2. The third-order valence-corrected chi connectivity index (χ3v) is 3.36. The first-order valence-electron chi connectivity index (χ1n) is 5.49. The highest BCUT2D eigenvalue weighted by Gasteiger charge is 2.03. The molecule has 0 spiro atoms. The summed E-state index contributed by atoms with van der Waals surface area (Å²) in [4.78, 5) is 23.8. The molecule has 0 aromatic carbocycles. The number of unbranched alkanes of at least 4 members (excludes halogenated alkanes) is 2. The maximum absolute atomic E-state index is 11.2. The van der Waals surface area contributed by atoms with E-state index in [2.05, 4.69) is 6.58 Å². The number of rotatable bonds is 7. The van der Waals surface area contributed by atoms with Crippen LogP contribution in [0.1, 0.15) is 33.1 Å². The lowest BCUT2D eigenvalue weighted by molar-refractivity contribution is -0.127. The van der Waals surface area contributed by atoms with Gasteiger partial charge in [-0.1, -0.05) is 24.8 Å². The predicted molar refractivity (Wildman–Crippen MR) is 69.4 cm³/mol. The Morgan fingerprint density at radius 3 is 2.31 bits per heavy atom. The van der Waals surface area contributed by atoms with Gasteiger partial charge in [-0.15, -0.1) is 0 Å². The van der Waals surface area contributed by atoms with Crippen LogP contribution in [-0.2, 0) is 9.59 Å². The molecular formula is C12H21NO2S. The van der Waals surface area contributed by atoms with Crippen LogP contribution < -0.4 is 0 Å². The number of carbonyl (C=O) groups excluding carboxylic acids is 2. The van der Waals surface area contributed by atoms with Crippen molar-refractivity contribution in [3.05, 3.63) is 12.2 Å². The maximum atomic E-state index is 11.2. The number of nitrogens with zero attached hydrogens (tertiary/aromatic N) is 1. The summed E-state index contributed by atoms with van der Waals surface area (Å²) in [6.45, 7) is 7.70. The van der Waals surface area contributed by atoms with E-state index in [1.807, 2.05) is 7.05 Å². The Hall–Kier alpha value is -0.770. The first-order chi connectivity index (χ1) is 7.45. The minimum atomic E-state index is 0.0841. The Morgan fingerprint density at radius 2 is 1.81 bits per heavy atom. The Bertz CT molecular complexity index is 264. The van der Waals surface area contributed by atoms with E-state index in [1.165, 1.54) is 11.8 Å². The molecule has 0 aliphatic carbocycles. The molecule has 16 heavy (non-hydrogen) atoms. The van der Waals surface area contributed by atoms with Crippen LogP contribution >= 0.6 is 11.8 Å². The lowest BCUT2D eigenvalue weighted by Crippen LogP contribution is -2.24. The molecule has 0 bridgehead atoms. The second kappa shape index (κ2) is 8.39. The van der Waals surface area contributed by atoms with Gasteiger partial charge < -0.3 is 4.90 Å². The van der Waals surface area contributed by atoms with Crippen LogP contribution in [0.2, 0.25) is 0 Å². The normalized spacial score (nSPS) is 9.94. The zero-order valence-electron chi connectivity index (χ0n) is 10.4. The Labute approximate surface area is 102 Å². The summed E-state index contributed by atoms with van der Waals surface area (Å²) in [7, 11) is 1.81. The van der Waals surface area contributed by atoms with Crippen molar-refractivity contribution in [2.45, 2.75) is 33.1 Å². The molecule has 0 saturated heterocycles. The smallest absolute Gasteiger partial charge is 0.219 e. The van der Waals surface area contributed by atoms with E-state index in [0.717, 1.165) is 31.6 Å². The summed E-state index contributed by atoms with van der Waals surface area (Å²) in [5.74, 6) is 0.946. The van der Waals surface area contributed by atoms with Gasteiger partial charge >= 0.3 is 0 Å². The molecule has 4 heteroatoms. The number of thioether (sulfide) groups is 1. The maximum Gasteiger partial charge on any atom is 0.219 e. The summed E-state index contributed by atoms with van der Waals surface area (Å²) in [5.41, 5.74) is 0.612. The summed E-state index contributed by atoms with van der Waals surface area (Å²) >= 11 is 1.33. The van der Waals surface area contributed by atoms with Gasteiger partial charge in [-0.3, -0.25) is 9.59 Å². The lowest BCUT2D eigenvalue weighted by Gasteiger charge is -2.13. The zero-order valence-corrected chi connectivity index (χ0v) is 11.2. The molecule has 0 aromatic heterocycles. The largest absolute Gasteiger partial charge is 0.346 e. The minimum Gasteiger partial charge on any atom is -0.346 e. The number of amides is 1. The van der Waals surface area contributed by atoms with Crippen molar-refractivity contribution < 1.29 is 9.59 Å². The standard InChI is InChI=1S/C12H21NO2S/c1-10(2)12(15)16-9-7-5-6-8-13(4)11(3)14/h1,5-9H2,2-4H3.